The molecule has 1 N–H and O–H groups in total. The molecule has 0 saturated carbocycles. The molecule has 2 amide bonds. The molecule has 0 spiro atoms. The minimum atomic E-state index is -0.133. The average Bonchev–Trinajstić information content (AvgIpc) is 3.12. The van der Waals surface area contributed by atoms with E-state index in [0.717, 1.165) is 27.9 Å². The van der Waals surface area contributed by atoms with Crippen molar-refractivity contribution in [2.75, 3.05) is 11.1 Å². The van der Waals surface area contributed by atoms with Crippen LogP contribution >= 0.6 is 11.8 Å². The van der Waals surface area contributed by atoms with Gasteiger partial charge in [-0.25, -0.2) is 0 Å². The summed E-state index contributed by atoms with van der Waals surface area (Å²) >= 11 is 1.63. The average molecular weight is 417 g/mol. The second kappa shape index (κ2) is 8.76. The minimum absolute atomic E-state index is 0.0335. The lowest BCUT2D eigenvalue weighted by Gasteiger charge is -2.24. The van der Waals surface area contributed by atoms with Gasteiger partial charge in [-0.2, -0.15) is 0 Å². The van der Waals surface area contributed by atoms with E-state index >= 15 is 0 Å². The van der Waals surface area contributed by atoms with Crippen molar-refractivity contribution >= 4 is 29.3 Å². The highest BCUT2D eigenvalue weighted by molar-refractivity contribution is 8.00. The molecule has 1 aliphatic rings. The van der Waals surface area contributed by atoms with Crippen molar-refractivity contribution in [1.29, 1.82) is 0 Å². The Morgan fingerprint density at radius 1 is 1.00 bits per heavy atom. The fourth-order valence-electron chi connectivity index (χ4n) is 3.56. The van der Waals surface area contributed by atoms with Crippen LogP contribution in [0.4, 0.5) is 5.69 Å². The summed E-state index contributed by atoms with van der Waals surface area (Å²) in [7, 11) is 0. The smallest absolute Gasteiger partial charge is 0.255 e. The number of carbonyl (C=O) groups excluding carboxylic acids is 2. The van der Waals surface area contributed by atoms with Gasteiger partial charge in [0.2, 0.25) is 5.91 Å². The summed E-state index contributed by atoms with van der Waals surface area (Å²) < 4.78 is 0. The molecular formula is C25H24N2O2S. The van der Waals surface area contributed by atoms with E-state index < -0.39 is 0 Å². The first-order chi connectivity index (χ1) is 14.5. The quantitative estimate of drug-likeness (QED) is 0.612. The number of rotatable bonds is 5. The van der Waals surface area contributed by atoms with Gasteiger partial charge in [0.1, 0.15) is 5.37 Å². The second-order valence-electron chi connectivity index (χ2n) is 7.49. The molecule has 5 heteroatoms. The molecule has 0 aromatic heterocycles. The van der Waals surface area contributed by atoms with Gasteiger partial charge < -0.3 is 10.2 Å². The standard InChI is InChI=1S/C25H24N2O2S/c1-17-7-6-10-22(18(17)2)26-24(29)20-11-13-21(14-12-20)25-27(23(28)16-30-25)15-19-8-4-3-5-9-19/h3-14,25H,15-16H2,1-2H3,(H,26,29)/t25-/m0/s1. The first-order valence-electron chi connectivity index (χ1n) is 9.95. The summed E-state index contributed by atoms with van der Waals surface area (Å²) in [6.07, 6.45) is 0. The second-order valence-corrected chi connectivity index (χ2v) is 8.56. The summed E-state index contributed by atoms with van der Waals surface area (Å²) in [5.41, 5.74) is 5.79. The molecule has 1 heterocycles. The zero-order chi connectivity index (χ0) is 21.1. The van der Waals surface area contributed by atoms with E-state index in [1.54, 1.807) is 11.8 Å². The predicted molar refractivity (Wildman–Crippen MR) is 123 cm³/mol. The van der Waals surface area contributed by atoms with Gasteiger partial charge in [0.05, 0.1) is 5.75 Å². The monoisotopic (exact) mass is 416 g/mol. The molecule has 0 unspecified atom stereocenters. The van der Waals surface area contributed by atoms with Gasteiger partial charge in [-0.05, 0) is 54.3 Å². The van der Waals surface area contributed by atoms with Crippen LogP contribution in [0.25, 0.3) is 0 Å². The number of aryl methyl sites for hydroxylation is 1. The molecule has 0 radical (unpaired) electrons. The lowest BCUT2D eigenvalue weighted by molar-refractivity contribution is -0.128. The number of carbonyl (C=O) groups is 2. The topological polar surface area (TPSA) is 49.4 Å². The lowest BCUT2D eigenvalue weighted by Crippen LogP contribution is -2.27. The Morgan fingerprint density at radius 3 is 2.47 bits per heavy atom. The summed E-state index contributed by atoms with van der Waals surface area (Å²) in [4.78, 5) is 27.0. The fraction of sp³-hybridized carbons (Fsp3) is 0.200. The third kappa shape index (κ3) is 4.26. The van der Waals surface area contributed by atoms with Crippen molar-refractivity contribution in [3.8, 4) is 0 Å². The Bertz CT molecular complexity index is 1060. The van der Waals surface area contributed by atoms with Gasteiger partial charge in [0.25, 0.3) is 5.91 Å². The third-order valence-corrected chi connectivity index (χ3v) is 6.73. The number of thioether (sulfide) groups is 1. The zero-order valence-corrected chi connectivity index (χ0v) is 17.9. The first-order valence-corrected chi connectivity index (χ1v) is 11.0. The first kappa shape index (κ1) is 20.2. The van der Waals surface area contributed by atoms with E-state index in [4.69, 9.17) is 0 Å². The highest BCUT2D eigenvalue weighted by atomic mass is 32.2. The number of benzene rings is 3. The molecule has 1 fully saturated rings. The number of hydrogen-bond acceptors (Lipinski definition) is 3. The van der Waals surface area contributed by atoms with Gasteiger partial charge in [-0.1, -0.05) is 54.6 Å². The summed E-state index contributed by atoms with van der Waals surface area (Å²) in [6.45, 7) is 4.62. The van der Waals surface area contributed by atoms with E-state index in [0.29, 0.717) is 17.9 Å². The number of hydrogen-bond donors (Lipinski definition) is 1. The van der Waals surface area contributed by atoms with Crippen LogP contribution in [0.1, 0.15) is 38.0 Å². The molecule has 3 aromatic rings. The van der Waals surface area contributed by atoms with Crippen LogP contribution in [0.3, 0.4) is 0 Å². The number of anilines is 1. The number of nitrogens with zero attached hydrogens (tertiary/aromatic N) is 1. The van der Waals surface area contributed by atoms with Gasteiger partial charge in [0, 0.05) is 17.8 Å². The van der Waals surface area contributed by atoms with Crippen molar-refractivity contribution in [3.05, 3.63) is 101 Å². The molecule has 152 valence electrons. The third-order valence-electron chi connectivity index (χ3n) is 5.47. The van der Waals surface area contributed by atoms with Crippen LogP contribution < -0.4 is 5.32 Å². The SMILES string of the molecule is Cc1cccc(NC(=O)c2ccc([C@@H]3SCC(=O)N3Cc3ccccc3)cc2)c1C. The van der Waals surface area contributed by atoms with E-state index in [1.807, 2.05) is 91.5 Å². The van der Waals surface area contributed by atoms with Crippen molar-refractivity contribution in [3.63, 3.8) is 0 Å². The maximum Gasteiger partial charge on any atom is 0.255 e. The van der Waals surface area contributed by atoms with Crippen LogP contribution in [-0.4, -0.2) is 22.5 Å². The molecule has 4 nitrogen and oxygen atoms in total. The molecule has 1 saturated heterocycles. The van der Waals surface area contributed by atoms with E-state index in [2.05, 4.69) is 5.32 Å². The molecule has 3 aromatic carbocycles. The van der Waals surface area contributed by atoms with Crippen LogP contribution in [0.15, 0.2) is 72.8 Å². The molecule has 0 aliphatic carbocycles. The van der Waals surface area contributed by atoms with Crippen molar-refractivity contribution < 1.29 is 9.59 Å². The van der Waals surface area contributed by atoms with Gasteiger partial charge >= 0.3 is 0 Å². The zero-order valence-electron chi connectivity index (χ0n) is 17.1. The minimum Gasteiger partial charge on any atom is -0.322 e. The van der Waals surface area contributed by atoms with Crippen molar-refractivity contribution in [1.82, 2.24) is 4.90 Å². The normalized spacial score (nSPS) is 16.0. The summed E-state index contributed by atoms with van der Waals surface area (Å²) in [6, 6.07) is 23.5. The Labute approximate surface area is 181 Å². The van der Waals surface area contributed by atoms with Crippen LogP contribution in [0.5, 0.6) is 0 Å². The highest BCUT2D eigenvalue weighted by Gasteiger charge is 2.32. The molecule has 4 rings (SSSR count). The van der Waals surface area contributed by atoms with Crippen molar-refractivity contribution in [2.24, 2.45) is 0 Å². The van der Waals surface area contributed by atoms with Crippen LogP contribution in [0, 0.1) is 13.8 Å². The van der Waals surface area contributed by atoms with Gasteiger partial charge in [-0.3, -0.25) is 9.59 Å². The van der Waals surface area contributed by atoms with E-state index in [-0.39, 0.29) is 17.2 Å². The Balaban J connectivity index is 1.49. The largest absolute Gasteiger partial charge is 0.322 e. The molecule has 1 aliphatic heterocycles. The Morgan fingerprint density at radius 2 is 1.73 bits per heavy atom. The molecule has 0 bridgehead atoms. The maximum atomic E-state index is 12.7. The van der Waals surface area contributed by atoms with E-state index in [9.17, 15) is 9.59 Å². The maximum absolute atomic E-state index is 12.7. The van der Waals surface area contributed by atoms with Gasteiger partial charge in [-0.15, -0.1) is 11.8 Å². The number of amides is 2. The summed E-state index contributed by atoms with van der Waals surface area (Å²) in [5.74, 6) is 0.490. The number of nitrogens with one attached hydrogen (secondary N) is 1. The highest BCUT2D eigenvalue weighted by Crippen LogP contribution is 2.39. The molecule has 1 atom stereocenters. The Kier molecular flexibility index (Phi) is 5.91. The van der Waals surface area contributed by atoms with Crippen LogP contribution in [0.2, 0.25) is 0 Å². The predicted octanol–water partition coefficient (Wildman–Crippen LogP) is 5.33. The molecule has 30 heavy (non-hydrogen) atoms. The molecular weight excluding hydrogens is 392 g/mol. The van der Waals surface area contributed by atoms with E-state index in [1.165, 1.54) is 0 Å². The fourth-order valence-corrected chi connectivity index (χ4v) is 4.75. The van der Waals surface area contributed by atoms with Crippen molar-refractivity contribution in [2.45, 2.75) is 25.8 Å². The summed E-state index contributed by atoms with van der Waals surface area (Å²) in [5, 5.41) is 2.96. The lowest BCUT2D eigenvalue weighted by atomic mass is 10.1. The van der Waals surface area contributed by atoms with Crippen LogP contribution in [-0.2, 0) is 11.3 Å². The Hall–Kier alpha value is -3.05. The van der Waals surface area contributed by atoms with Gasteiger partial charge in [0.15, 0.2) is 0 Å².